The lowest BCUT2D eigenvalue weighted by Gasteiger charge is -2.10. The highest BCUT2D eigenvalue weighted by molar-refractivity contribution is 14.1. The molecule has 1 N–H and O–H groups in total. The van der Waals surface area contributed by atoms with Gasteiger partial charge in [0.05, 0.1) is 11.1 Å². The van der Waals surface area contributed by atoms with E-state index in [1.807, 2.05) is 24.3 Å². The van der Waals surface area contributed by atoms with Crippen molar-refractivity contribution in [3.8, 4) is 0 Å². The lowest BCUT2D eigenvalue weighted by molar-refractivity contribution is 0.0490. The molecule has 5 nitrogen and oxygen atoms in total. The monoisotopic (exact) mass is 1070 g/mol. The maximum Gasteiger partial charge on any atom is 0.339 e. The second-order valence-corrected chi connectivity index (χ2v) is 12.5. The fraction of sp³-hybridized carbons (Fsp3) is 0.222. The Kier molecular flexibility index (Phi) is 12.5. The molecule has 2 rings (SSSR count). The zero-order valence-corrected chi connectivity index (χ0v) is 27.5. The number of carbonyl (C=O) groups is 2. The summed E-state index contributed by atoms with van der Waals surface area (Å²) in [5.74, 6) is -0.663. The molecule has 0 radical (unpaired) electrons. The molecule has 0 spiro atoms. The number of carbonyl (C=O) groups excluding carboxylic acids is 2. The lowest BCUT2D eigenvalue weighted by Crippen LogP contribution is -2.26. The van der Waals surface area contributed by atoms with Gasteiger partial charge in [0.25, 0.3) is 0 Å². The first-order valence-electron chi connectivity index (χ1n) is 8.04. The maximum absolute atomic E-state index is 12.3. The van der Waals surface area contributed by atoms with E-state index in [1.54, 1.807) is 0 Å². The predicted molar refractivity (Wildman–Crippen MR) is 163 cm³/mol. The summed E-state index contributed by atoms with van der Waals surface area (Å²) >= 11 is 13.1. The molecule has 0 bridgehead atoms. The van der Waals surface area contributed by atoms with Crippen molar-refractivity contribution >= 4 is 147 Å². The molecule has 0 saturated heterocycles. The van der Waals surface area contributed by atoms with E-state index in [4.69, 9.17) is 9.47 Å². The van der Waals surface area contributed by atoms with Crippen LogP contribution in [0.1, 0.15) is 20.7 Å². The molecular weight excluding hydrogens is 1060 g/mol. The highest BCUT2D eigenvalue weighted by Crippen LogP contribution is 2.24. The summed E-state index contributed by atoms with van der Waals surface area (Å²) in [5.41, 5.74) is 1.16. The summed E-state index contributed by atoms with van der Waals surface area (Å²) in [7, 11) is 0. The van der Waals surface area contributed by atoms with E-state index < -0.39 is 0 Å². The van der Waals surface area contributed by atoms with Crippen LogP contribution in [0.2, 0.25) is 0 Å². The van der Waals surface area contributed by atoms with E-state index in [0.29, 0.717) is 24.2 Å². The Morgan fingerprint density at radius 1 is 0.690 bits per heavy atom. The minimum absolute atomic E-state index is 0.248. The van der Waals surface area contributed by atoms with Gasteiger partial charge in [0.15, 0.2) is 0 Å². The minimum atomic E-state index is -0.332. The van der Waals surface area contributed by atoms with Crippen molar-refractivity contribution in [1.82, 2.24) is 5.32 Å². The minimum Gasteiger partial charge on any atom is -0.461 e. The van der Waals surface area contributed by atoms with Crippen LogP contribution in [0.4, 0.5) is 0 Å². The fourth-order valence-electron chi connectivity index (χ4n) is 2.12. The van der Waals surface area contributed by atoms with Crippen LogP contribution in [-0.2, 0) is 9.47 Å². The van der Waals surface area contributed by atoms with E-state index in [-0.39, 0.29) is 25.2 Å². The van der Waals surface area contributed by atoms with Crippen molar-refractivity contribution in [1.29, 1.82) is 0 Å². The van der Waals surface area contributed by atoms with Gasteiger partial charge in [-0.15, -0.1) is 0 Å². The summed E-state index contributed by atoms with van der Waals surface area (Å²) in [6.45, 7) is 1.47. The van der Waals surface area contributed by atoms with Gasteiger partial charge in [-0.25, -0.2) is 9.59 Å². The van der Waals surface area contributed by atoms with E-state index in [1.165, 1.54) is 0 Å². The largest absolute Gasteiger partial charge is 0.461 e. The summed E-state index contributed by atoms with van der Waals surface area (Å²) < 4.78 is 16.5. The average Bonchev–Trinajstić information content (AvgIpc) is 2.66. The first-order chi connectivity index (χ1) is 13.7. The number of halogens is 6. The van der Waals surface area contributed by atoms with Crippen LogP contribution in [0.15, 0.2) is 24.3 Å². The van der Waals surface area contributed by atoms with Crippen LogP contribution >= 0.6 is 136 Å². The second-order valence-electron chi connectivity index (χ2n) is 5.52. The highest BCUT2D eigenvalue weighted by atomic mass is 127. The topological polar surface area (TPSA) is 64.6 Å². The molecule has 0 fully saturated rings. The molecule has 156 valence electrons. The van der Waals surface area contributed by atoms with Gasteiger partial charge < -0.3 is 14.8 Å². The first kappa shape index (κ1) is 27.0. The molecule has 0 saturated carbocycles. The van der Waals surface area contributed by atoms with Crippen LogP contribution in [0, 0.1) is 21.4 Å². The molecule has 0 heterocycles. The zero-order chi connectivity index (χ0) is 21.6. The van der Waals surface area contributed by atoms with Gasteiger partial charge in [-0.2, -0.15) is 0 Å². The maximum atomic E-state index is 12.3. The Morgan fingerprint density at radius 3 is 1.45 bits per heavy atom. The molecule has 2 aromatic carbocycles. The molecule has 0 unspecified atom stereocenters. The molecule has 0 aliphatic heterocycles. The van der Waals surface area contributed by atoms with Crippen LogP contribution in [0.25, 0.3) is 0 Å². The first-order valence-corrected chi connectivity index (χ1v) is 14.5. The second kappa shape index (κ2) is 13.4. The number of esters is 2. The average molecular weight is 1070 g/mol. The molecule has 29 heavy (non-hydrogen) atoms. The molecule has 0 atom stereocenters. The Hall–Kier alpha value is 1.72. The number of hydrogen-bond acceptors (Lipinski definition) is 5. The van der Waals surface area contributed by atoms with Gasteiger partial charge in [-0.1, -0.05) is 0 Å². The van der Waals surface area contributed by atoms with Crippen molar-refractivity contribution in [2.24, 2.45) is 0 Å². The summed E-state index contributed by atoms with van der Waals surface area (Å²) in [6.07, 6.45) is 0. The number of rotatable bonds is 8. The van der Waals surface area contributed by atoms with Gasteiger partial charge >= 0.3 is 11.9 Å². The van der Waals surface area contributed by atoms with Gasteiger partial charge in [0, 0.05) is 34.5 Å². The summed E-state index contributed by atoms with van der Waals surface area (Å²) in [6, 6.07) is 7.68. The van der Waals surface area contributed by atoms with Crippen LogP contribution < -0.4 is 5.32 Å². The molecule has 0 aliphatic carbocycles. The standard InChI is InChI=1S/C18H13I6NO4/c19-9-5-11(15(23)13(21)7-9)17(26)28-3-1-25-2-4-29-18(27)12-6-10(20)8-14(22)16(12)24/h5-8,25H,1-4H2. The third kappa shape index (κ3) is 8.54. The molecular formula is C18H13I6NO4. The van der Waals surface area contributed by atoms with E-state index in [0.717, 1.165) is 21.4 Å². The number of ether oxygens (including phenoxy) is 2. The van der Waals surface area contributed by atoms with Crippen LogP contribution in [0.5, 0.6) is 0 Å². The molecule has 0 aromatic heterocycles. The number of nitrogens with one attached hydrogen (secondary N) is 1. The smallest absolute Gasteiger partial charge is 0.339 e. The third-order valence-electron chi connectivity index (χ3n) is 3.45. The normalized spacial score (nSPS) is 10.7. The van der Waals surface area contributed by atoms with E-state index in [9.17, 15) is 9.59 Å². The molecule has 0 amide bonds. The Bertz CT molecular complexity index is 848. The highest BCUT2D eigenvalue weighted by Gasteiger charge is 2.16. The SMILES string of the molecule is O=C(OCCNCCOC(=O)c1cc(I)cc(I)c1I)c1cc(I)cc(I)c1I. The Morgan fingerprint density at radius 2 is 1.07 bits per heavy atom. The lowest BCUT2D eigenvalue weighted by atomic mass is 10.2. The number of hydrogen-bond donors (Lipinski definition) is 1. The molecule has 11 heteroatoms. The van der Waals surface area contributed by atoms with Gasteiger partial charge in [-0.05, 0) is 160 Å². The van der Waals surface area contributed by atoms with Crippen LogP contribution in [0.3, 0.4) is 0 Å². The predicted octanol–water partition coefficient (Wildman–Crippen LogP) is 5.92. The van der Waals surface area contributed by atoms with Crippen molar-refractivity contribution in [2.45, 2.75) is 0 Å². The zero-order valence-electron chi connectivity index (χ0n) is 14.5. The van der Waals surface area contributed by atoms with Crippen molar-refractivity contribution in [3.05, 3.63) is 56.8 Å². The van der Waals surface area contributed by atoms with Crippen molar-refractivity contribution < 1.29 is 19.1 Å². The Labute approximate surface area is 250 Å². The Balaban J connectivity index is 1.70. The molecule has 2 aromatic rings. The quantitative estimate of drug-likeness (QED) is 0.154. The van der Waals surface area contributed by atoms with Crippen molar-refractivity contribution in [3.63, 3.8) is 0 Å². The summed E-state index contributed by atoms with van der Waals surface area (Å²) in [4.78, 5) is 24.5. The van der Waals surface area contributed by atoms with E-state index in [2.05, 4.69) is 141 Å². The van der Waals surface area contributed by atoms with Crippen molar-refractivity contribution in [2.75, 3.05) is 26.3 Å². The van der Waals surface area contributed by atoms with Gasteiger partial charge in [0.1, 0.15) is 13.2 Å². The van der Waals surface area contributed by atoms with Gasteiger partial charge in [-0.3, -0.25) is 0 Å². The number of benzene rings is 2. The summed E-state index contributed by atoms with van der Waals surface area (Å²) in [5, 5.41) is 3.11. The molecule has 0 aliphatic rings. The van der Waals surface area contributed by atoms with Crippen LogP contribution in [-0.4, -0.2) is 38.2 Å². The van der Waals surface area contributed by atoms with Gasteiger partial charge in [0.2, 0.25) is 0 Å². The van der Waals surface area contributed by atoms with E-state index >= 15 is 0 Å². The third-order valence-corrected chi connectivity index (χ3v) is 10.8. The fourth-order valence-corrected chi connectivity index (χ4v) is 6.87.